The lowest BCUT2D eigenvalue weighted by atomic mass is 10.0. The summed E-state index contributed by atoms with van der Waals surface area (Å²) in [5, 5.41) is 0. The van der Waals surface area contributed by atoms with Crippen molar-refractivity contribution in [2.24, 2.45) is 0 Å². The molecule has 32 heavy (non-hydrogen) atoms. The van der Waals surface area contributed by atoms with Crippen LogP contribution in [0.4, 0.5) is 10.1 Å². The zero-order valence-corrected chi connectivity index (χ0v) is 19.5. The Hall–Kier alpha value is -3.12. The number of rotatable bonds is 7. The van der Waals surface area contributed by atoms with E-state index in [1.54, 1.807) is 23.1 Å². The van der Waals surface area contributed by atoms with E-state index < -0.39 is 0 Å². The first kappa shape index (κ1) is 22.1. The van der Waals surface area contributed by atoms with Crippen LogP contribution in [-0.4, -0.2) is 19.1 Å². The fraction of sp³-hybridized carbons (Fsp3) is 0.192. The van der Waals surface area contributed by atoms with Gasteiger partial charge in [0, 0.05) is 23.2 Å². The minimum Gasteiger partial charge on any atom is -0.490 e. The van der Waals surface area contributed by atoms with Crippen LogP contribution >= 0.6 is 15.9 Å². The molecule has 0 saturated carbocycles. The third-order valence-corrected chi connectivity index (χ3v) is 5.84. The summed E-state index contributed by atoms with van der Waals surface area (Å²) in [6, 6.07) is 18.0. The zero-order chi connectivity index (χ0) is 22.7. The Balaban J connectivity index is 1.69. The van der Waals surface area contributed by atoms with E-state index in [9.17, 15) is 9.18 Å². The van der Waals surface area contributed by atoms with Crippen molar-refractivity contribution >= 4 is 39.2 Å². The Morgan fingerprint density at radius 3 is 2.53 bits per heavy atom. The number of fused-ring (bicyclic) bond motifs is 1. The monoisotopic (exact) mass is 495 g/mol. The number of benzene rings is 3. The summed E-state index contributed by atoms with van der Waals surface area (Å²) in [6.45, 7) is 4.96. The number of carbonyl (C=O) groups excluding carboxylic acids is 1. The molecule has 164 valence electrons. The van der Waals surface area contributed by atoms with Crippen molar-refractivity contribution in [2.75, 3.05) is 18.1 Å². The van der Waals surface area contributed by atoms with Crippen molar-refractivity contribution in [1.82, 2.24) is 0 Å². The molecule has 3 aromatic carbocycles. The van der Waals surface area contributed by atoms with E-state index in [0.29, 0.717) is 40.3 Å². The number of amides is 1. The van der Waals surface area contributed by atoms with E-state index in [4.69, 9.17) is 9.47 Å². The van der Waals surface area contributed by atoms with Crippen molar-refractivity contribution < 1.29 is 18.7 Å². The van der Waals surface area contributed by atoms with E-state index in [-0.39, 0.29) is 18.3 Å². The molecular formula is C26H23BrFNO3. The molecule has 0 aliphatic carbocycles. The number of para-hydroxylation sites is 1. The van der Waals surface area contributed by atoms with Gasteiger partial charge in [-0.15, -0.1) is 0 Å². The number of carbonyl (C=O) groups is 1. The van der Waals surface area contributed by atoms with Gasteiger partial charge in [-0.25, -0.2) is 4.39 Å². The average molecular weight is 496 g/mol. The van der Waals surface area contributed by atoms with Crippen LogP contribution < -0.4 is 14.4 Å². The van der Waals surface area contributed by atoms with Gasteiger partial charge in [-0.05, 0) is 65.7 Å². The van der Waals surface area contributed by atoms with Gasteiger partial charge in [0.25, 0.3) is 5.91 Å². The average Bonchev–Trinajstić information content (AvgIpc) is 3.05. The molecule has 1 aliphatic rings. The molecule has 0 spiro atoms. The van der Waals surface area contributed by atoms with Gasteiger partial charge in [0.2, 0.25) is 0 Å². The molecule has 6 heteroatoms. The molecule has 1 heterocycles. The van der Waals surface area contributed by atoms with Crippen molar-refractivity contribution in [3.63, 3.8) is 0 Å². The molecule has 0 atom stereocenters. The number of ether oxygens (including phenoxy) is 2. The molecule has 0 aromatic heterocycles. The highest BCUT2D eigenvalue weighted by Gasteiger charge is 2.30. The smallest absolute Gasteiger partial charge is 0.258 e. The van der Waals surface area contributed by atoms with Crippen LogP contribution in [-0.2, 0) is 11.4 Å². The van der Waals surface area contributed by atoms with Gasteiger partial charge < -0.3 is 14.4 Å². The topological polar surface area (TPSA) is 38.8 Å². The van der Waals surface area contributed by atoms with Crippen LogP contribution in [0.2, 0.25) is 0 Å². The van der Waals surface area contributed by atoms with Crippen molar-refractivity contribution in [1.29, 1.82) is 0 Å². The number of likely N-dealkylation sites (N-methyl/N-ethyl adjacent to an activating group) is 1. The fourth-order valence-electron chi connectivity index (χ4n) is 3.77. The molecule has 3 aromatic rings. The van der Waals surface area contributed by atoms with Gasteiger partial charge in [-0.1, -0.05) is 36.4 Å². The van der Waals surface area contributed by atoms with Gasteiger partial charge in [-0.3, -0.25) is 4.79 Å². The van der Waals surface area contributed by atoms with Crippen LogP contribution in [0.25, 0.3) is 11.6 Å². The standard InChI is InChI=1S/C26H23BrFNO3/c1-3-29-23-12-8-6-10-19(23)20(26(29)30)13-17-14-21(27)25(24(15-17)31-4-2)32-16-18-9-5-7-11-22(18)28/h5-15H,3-4,16H2,1-2H3/b20-13-. The zero-order valence-electron chi connectivity index (χ0n) is 17.9. The van der Waals surface area contributed by atoms with Gasteiger partial charge in [0.1, 0.15) is 12.4 Å². The lowest BCUT2D eigenvalue weighted by molar-refractivity contribution is -0.112. The highest BCUT2D eigenvalue weighted by molar-refractivity contribution is 9.10. The van der Waals surface area contributed by atoms with Gasteiger partial charge >= 0.3 is 0 Å². The summed E-state index contributed by atoms with van der Waals surface area (Å²) in [7, 11) is 0. The summed E-state index contributed by atoms with van der Waals surface area (Å²) >= 11 is 3.56. The maximum atomic E-state index is 14.0. The normalized spacial score (nSPS) is 14.1. The largest absolute Gasteiger partial charge is 0.490 e. The van der Waals surface area contributed by atoms with E-state index in [2.05, 4.69) is 15.9 Å². The summed E-state index contributed by atoms with van der Waals surface area (Å²) in [5.41, 5.74) is 3.72. The highest BCUT2D eigenvalue weighted by atomic mass is 79.9. The van der Waals surface area contributed by atoms with Crippen LogP contribution in [0.3, 0.4) is 0 Å². The van der Waals surface area contributed by atoms with Crippen LogP contribution in [0.5, 0.6) is 11.5 Å². The summed E-state index contributed by atoms with van der Waals surface area (Å²) < 4.78 is 26.4. The van der Waals surface area contributed by atoms with Crippen molar-refractivity contribution in [3.05, 3.63) is 87.6 Å². The van der Waals surface area contributed by atoms with Crippen molar-refractivity contribution in [2.45, 2.75) is 20.5 Å². The number of nitrogens with zero attached hydrogens (tertiary/aromatic N) is 1. The van der Waals surface area contributed by atoms with E-state index >= 15 is 0 Å². The number of halogens is 2. The third kappa shape index (κ3) is 4.28. The molecule has 0 radical (unpaired) electrons. The predicted molar refractivity (Wildman–Crippen MR) is 128 cm³/mol. The van der Waals surface area contributed by atoms with Gasteiger partial charge in [0.15, 0.2) is 11.5 Å². The Morgan fingerprint density at radius 2 is 1.78 bits per heavy atom. The van der Waals surface area contributed by atoms with E-state index in [1.807, 2.05) is 56.3 Å². The molecule has 4 nitrogen and oxygen atoms in total. The molecule has 0 fully saturated rings. The Kier molecular flexibility index (Phi) is 6.61. The lowest BCUT2D eigenvalue weighted by Crippen LogP contribution is -2.25. The Bertz CT molecular complexity index is 1190. The molecule has 0 unspecified atom stereocenters. The molecular weight excluding hydrogens is 473 g/mol. The molecule has 4 rings (SSSR count). The lowest BCUT2D eigenvalue weighted by Gasteiger charge is -2.15. The third-order valence-electron chi connectivity index (χ3n) is 5.25. The van der Waals surface area contributed by atoms with E-state index in [0.717, 1.165) is 16.8 Å². The van der Waals surface area contributed by atoms with Crippen LogP contribution in [0.1, 0.15) is 30.5 Å². The minimum absolute atomic E-state index is 0.0253. The predicted octanol–water partition coefficient (Wildman–Crippen LogP) is 6.47. The second-order valence-electron chi connectivity index (χ2n) is 7.27. The molecule has 1 aliphatic heterocycles. The minimum atomic E-state index is -0.318. The van der Waals surface area contributed by atoms with Crippen molar-refractivity contribution in [3.8, 4) is 11.5 Å². The highest BCUT2D eigenvalue weighted by Crippen LogP contribution is 2.41. The first-order valence-corrected chi connectivity index (χ1v) is 11.3. The number of hydrogen-bond donors (Lipinski definition) is 0. The Morgan fingerprint density at radius 1 is 1.03 bits per heavy atom. The van der Waals surface area contributed by atoms with Gasteiger partial charge in [0.05, 0.1) is 16.8 Å². The Labute approximate surface area is 195 Å². The maximum absolute atomic E-state index is 14.0. The summed E-state index contributed by atoms with van der Waals surface area (Å²) in [6.07, 6.45) is 1.87. The molecule has 0 N–H and O–H groups in total. The second-order valence-corrected chi connectivity index (χ2v) is 8.12. The van der Waals surface area contributed by atoms with Crippen LogP contribution in [0, 0.1) is 5.82 Å². The molecule has 1 amide bonds. The molecule has 0 saturated heterocycles. The first-order chi connectivity index (χ1) is 15.5. The summed E-state index contributed by atoms with van der Waals surface area (Å²) in [4.78, 5) is 14.8. The summed E-state index contributed by atoms with van der Waals surface area (Å²) in [5.74, 6) is 0.672. The number of hydrogen-bond acceptors (Lipinski definition) is 3. The van der Waals surface area contributed by atoms with Crippen LogP contribution in [0.15, 0.2) is 65.1 Å². The SMILES string of the molecule is CCOc1cc(/C=C2\C(=O)N(CC)c3ccccc32)cc(Br)c1OCc1ccccc1F. The fourth-order valence-corrected chi connectivity index (χ4v) is 4.34. The number of anilines is 1. The maximum Gasteiger partial charge on any atom is 0.258 e. The van der Waals surface area contributed by atoms with E-state index in [1.165, 1.54) is 6.07 Å². The first-order valence-electron chi connectivity index (χ1n) is 10.5. The van der Waals surface area contributed by atoms with Gasteiger partial charge in [-0.2, -0.15) is 0 Å². The molecule has 0 bridgehead atoms. The second kappa shape index (κ2) is 9.57. The quantitative estimate of drug-likeness (QED) is 0.352.